The lowest BCUT2D eigenvalue weighted by Crippen LogP contribution is -2.50. The van der Waals surface area contributed by atoms with Crippen molar-refractivity contribution in [1.82, 2.24) is 30.5 Å². The average molecular weight is 1030 g/mol. The Balaban J connectivity index is 0.835. The predicted molar refractivity (Wildman–Crippen MR) is 272 cm³/mol. The molecule has 2 fully saturated rings. The van der Waals surface area contributed by atoms with Gasteiger partial charge in [0.05, 0.1) is 65.2 Å². The molecule has 1 aliphatic carbocycles. The zero-order valence-electron chi connectivity index (χ0n) is 40.6. The van der Waals surface area contributed by atoms with Crippen LogP contribution in [-0.2, 0) is 41.6 Å². The van der Waals surface area contributed by atoms with Crippen molar-refractivity contribution in [2.45, 2.75) is 104 Å². The molecule has 2 aromatic carbocycles. The highest BCUT2D eigenvalue weighted by Crippen LogP contribution is 2.42. The van der Waals surface area contributed by atoms with Crippen LogP contribution in [-0.4, -0.2) is 106 Å². The fourth-order valence-corrected chi connectivity index (χ4v) is 10.6. The number of nitrogens with one attached hydrogen (secondary N) is 3. The lowest BCUT2D eigenvalue weighted by Gasteiger charge is -2.39. The molecule has 0 spiro atoms. The first-order chi connectivity index (χ1) is 34.1. The Kier molecular flexibility index (Phi) is 18.7. The first-order valence-electron chi connectivity index (χ1n) is 24.0. The number of β-amino-alcohol motifs (C(OH)–C–C–N with tert-alkyl or cyclic N) is 1. The number of halogens is 2. The van der Waals surface area contributed by atoms with E-state index < -0.39 is 34.7 Å². The van der Waals surface area contributed by atoms with E-state index in [0.29, 0.717) is 43.1 Å². The monoisotopic (exact) mass is 1030 g/mol. The summed E-state index contributed by atoms with van der Waals surface area (Å²) in [6.07, 6.45) is 3.12. The highest BCUT2D eigenvalue weighted by molar-refractivity contribution is 7.13. The van der Waals surface area contributed by atoms with Crippen LogP contribution in [0.25, 0.3) is 10.4 Å². The van der Waals surface area contributed by atoms with Crippen LogP contribution in [0, 0.1) is 29.5 Å². The summed E-state index contributed by atoms with van der Waals surface area (Å²) in [5.74, 6) is -1.58. The number of carbonyl (C=O) groups excluding carboxylic acids is 4. The third-order valence-electron chi connectivity index (χ3n) is 13.1. The number of ether oxygens (including phenoxy) is 3. The predicted octanol–water partition coefficient (Wildman–Crippen LogP) is 8.50. The number of aromatic nitrogens is 3. The molecule has 15 nitrogen and oxygen atoms in total. The molecule has 1 saturated carbocycles. The molecule has 0 bridgehead atoms. The van der Waals surface area contributed by atoms with Crippen LogP contribution in [0.4, 0.5) is 15.3 Å². The molecule has 71 heavy (non-hydrogen) atoms. The number of rotatable bonds is 23. The summed E-state index contributed by atoms with van der Waals surface area (Å²) in [6, 6.07) is 17.3. The second kappa shape index (κ2) is 24.8. The standard InChI is InChI=1S/C52H63ClFN7O8S2/c1-33-46(71-32-58-33)35-13-11-34(12-14-35)30-57-47(64)42-28-38(63)31-61(42)48(65)40(51(2,3)4)27-37(62)17-22-67-24-25-68-23-20-55-49(66)52(29-36-7-5-10-44(59-36)60-50-56-21-26-70-50)18-15-39(16-19-52)69-43-9-6-8-41(53)45(43)54/h5-14,21,26,32,38-40,42,63H,15-20,22-25,27-31H2,1-4H3,(H,55,66)(H,57,64)(H,56,59,60)/t38-,39?,40-,42+,52?/m1/s1. The van der Waals surface area contributed by atoms with Gasteiger partial charge in [-0.15, -0.1) is 22.7 Å². The van der Waals surface area contributed by atoms with Gasteiger partial charge in [-0.25, -0.2) is 19.3 Å². The molecule has 2 aliphatic rings. The smallest absolute Gasteiger partial charge is 0.243 e. The minimum atomic E-state index is -0.860. The maximum absolute atomic E-state index is 14.7. The van der Waals surface area contributed by atoms with E-state index >= 15 is 0 Å². The number of nitrogens with zero attached hydrogens (tertiary/aromatic N) is 4. The molecule has 3 amide bonds. The van der Waals surface area contributed by atoms with Gasteiger partial charge in [-0.2, -0.15) is 0 Å². The van der Waals surface area contributed by atoms with Gasteiger partial charge in [0.25, 0.3) is 0 Å². The summed E-state index contributed by atoms with van der Waals surface area (Å²) in [5.41, 5.74) is 4.06. The molecule has 4 heterocycles. The Morgan fingerprint density at radius 2 is 1.70 bits per heavy atom. The van der Waals surface area contributed by atoms with Crippen LogP contribution in [0.5, 0.6) is 5.75 Å². The molecule has 4 N–H and O–H groups in total. The molecule has 3 aromatic heterocycles. The summed E-state index contributed by atoms with van der Waals surface area (Å²) >= 11 is 9.03. The number of likely N-dealkylation sites (tertiary alicyclic amines) is 1. The Bertz CT molecular complexity index is 2570. The van der Waals surface area contributed by atoms with Crippen molar-refractivity contribution in [2.24, 2.45) is 16.7 Å². The van der Waals surface area contributed by atoms with E-state index in [2.05, 4.69) is 25.9 Å². The third-order valence-corrected chi connectivity index (χ3v) is 15.0. The summed E-state index contributed by atoms with van der Waals surface area (Å²) in [4.78, 5) is 70.9. The van der Waals surface area contributed by atoms with E-state index in [1.165, 1.54) is 22.3 Å². The van der Waals surface area contributed by atoms with E-state index in [9.17, 15) is 28.7 Å². The van der Waals surface area contributed by atoms with Gasteiger partial charge in [0.2, 0.25) is 17.7 Å². The van der Waals surface area contributed by atoms with E-state index in [1.54, 1.807) is 29.7 Å². The molecular weight excluding hydrogens is 969 g/mol. The minimum absolute atomic E-state index is 0.0115. The van der Waals surface area contributed by atoms with Crippen LogP contribution in [0.1, 0.15) is 82.7 Å². The van der Waals surface area contributed by atoms with Gasteiger partial charge in [0.1, 0.15) is 17.6 Å². The summed E-state index contributed by atoms with van der Waals surface area (Å²) in [7, 11) is 0. The van der Waals surface area contributed by atoms with Gasteiger partial charge in [-0.05, 0) is 73.4 Å². The topological polar surface area (TPSA) is 194 Å². The number of aryl methyl sites for hydroxylation is 1. The number of ketones is 1. The molecule has 0 unspecified atom stereocenters. The highest BCUT2D eigenvalue weighted by atomic mass is 35.5. The highest BCUT2D eigenvalue weighted by Gasteiger charge is 2.45. The van der Waals surface area contributed by atoms with Gasteiger partial charge in [0, 0.05) is 68.5 Å². The van der Waals surface area contributed by atoms with Crippen molar-refractivity contribution >= 4 is 68.7 Å². The van der Waals surface area contributed by atoms with Crippen molar-refractivity contribution in [2.75, 3.05) is 44.8 Å². The minimum Gasteiger partial charge on any atom is -0.487 e. The number of aliphatic hydroxyl groups excluding tert-OH is 1. The van der Waals surface area contributed by atoms with Gasteiger partial charge in [0.15, 0.2) is 16.7 Å². The second-order valence-electron chi connectivity index (χ2n) is 19.3. The van der Waals surface area contributed by atoms with Crippen molar-refractivity contribution < 1.29 is 42.9 Å². The van der Waals surface area contributed by atoms with Crippen molar-refractivity contribution in [1.29, 1.82) is 0 Å². The third kappa shape index (κ3) is 14.6. The van der Waals surface area contributed by atoms with Crippen molar-refractivity contribution in [3.8, 4) is 16.2 Å². The van der Waals surface area contributed by atoms with Gasteiger partial charge in [-0.3, -0.25) is 19.2 Å². The molecule has 5 aromatic rings. The molecule has 3 atom stereocenters. The summed E-state index contributed by atoms with van der Waals surface area (Å²) in [5, 5.41) is 22.4. The van der Waals surface area contributed by atoms with Crippen LogP contribution in [0.2, 0.25) is 5.02 Å². The van der Waals surface area contributed by atoms with Crippen molar-refractivity contribution in [3.63, 3.8) is 0 Å². The first-order valence-corrected chi connectivity index (χ1v) is 26.2. The number of thiazole rings is 2. The number of aliphatic hydroxyl groups is 1. The Labute approximate surface area is 427 Å². The van der Waals surface area contributed by atoms with Gasteiger partial charge >= 0.3 is 0 Å². The van der Waals surface area contributed by atoms with Crippen molar-refractivity contribution in [3.05, 3.63) is 106 Å². The van der Waals surface area contributed by atoms with Gasteiger partial charge in [-0.1, -0.05) is 68.8 Å². The van der Waals surface area contributed by atoms with E-state index in [4.69, 9.17) is 30.8 Å². The average Bonchev–Trinajstić information content (AvgIpc) is 4.13. The number of benzene rings is 2. The number of anilines is 2. The number of hydrogen-bond acceptors (Lipinski definition) is 14. The lowest BCUT2D eigenvalue weighted by molar-refractivity contribution is -0.146. The fourth-order valence-electron chi connectivity index (χ4n) is 9.08. The Morgan fingerprint density at radius 3 is 2.41 bits per heavy atom. The second-order valence-corrected chi connectivity index (χ2v) is 21.4. The molecular formula is C52H63ClFN7O8S2. The van der Waals surface area contributed by atoms with Crippen LogP contribution >= 0.6 is 34.3 Å². The largest absolute Gasteiger partial charge is 0.487 e. The fraction of sp³-hybridized carbons (Fsp3) is 0.481. The van der Waals surface area contributed by atoms with Crippen LogP contribution in [0.3, 0.4) is 0 Å². The lowest BCUT2D eigenvalue weighted by atomic mass is 9.69. The number of amides is 3. The summed E-state index contributed by atoms with van der Waals surface area (Å²) < 4.78 is 32.2. The zero-order chi connectivity index (χ0) is 50.5. The van der Waals surface area contributed by atoms with E-state index in [-0.39, 0.29) is 106 Å². The SMILES string of the molecule is Cc1ncsc1-c1ccc(CNC(=O)[C@@H]2C[C@@H](O)CN2C(=O)[C@@H](CC(=O)CCOCCOCCNC(=O)C2(Cc3cccc(Nc4nccs4)n3)CCC(Oc3cccc(Cl)c3F)CC2)C(C)(C)C)cc1. The van der Waals surface area contributed by atoms with Crippen LogP contribution < -0.4 is 20.7 Å². The number of hydrogen-bond donors (Lipinski definition) is 4. The molecule has 19 heteroatoms. The number of carbonyl (C=O) groups is 4. The normalized spacial score (nSPS) is 19.5. The zero-order valence-corrected chi connectivity index (χ0v) is 43.0. The summed E-state index contributed by atoms with van der Waals surface area (Å²) in [6.45, 7) is 8.99. The number of Topliss-reactive ketones (excluding diaryl/α,β-unsaturated/α-hetero) is 1. The molecule has 0 radical (unpaired) electrons. The van der Waals surface area contributed by atoms with Crippen LogP contribution in [0.15, 0.2) is 77.8 Å². The molecule has 1 saturated heterocycles. The number of pyridine rings is 1. The van der Waals surface area contributed by atoms with E-state index in [0.717, 1.165) is 27.4 Å². The first kappa shape index (κ1) is 53.4. The quantitative estimate of drug-likeness (QED) is 0.0457. The Hall–Kier alpha value is -5.37. The Morgan fingerprint density at radius 1 is 0.958 bits per heavy atom. The van der Waals surface area contributed by atoms with Gasteiger partial charge < -0.3 is 40.2 Å². The van der Waals surface area contributed by atoms with E-state index in [1.807, 2.05) is 81.1 Å². The molecule has 380 valence electrons. The maximum atomic E-state index is 14.7. The molecule has 1 aliphatic heterocycles. The maximum Gasteiger partial charge on any atom is 0.243 e. The molecule has 7 rings (SSSR count).